The third-order valence-corrected chi connectivity index (χ3v) is 8.80. The van der Waals surface area contributed by atoms with Crippen molar-refractivity contribution in [3.63, 3.8) is 0 Å². The lowest BCUT2D eigenvalue weighted by molar-refractivity contribution is 0.105. The normalized spacial score (nSPS) is 23.0. The van der Waals surface area contributed by atoms with Crippen LogP contribution in [-0.4, -0.2) is 82.6 Å². The van der Waals surface area contributed by atoms with Crippen molar-refractivity contribution in [3.05, 3.63) is 41.7 Å². The average Bonchev–Trinajstić information content (AvgIpc) is 3.56. The number of hydrogen-bond donors (Lipinski definition) is 3. The molecule has 0 saturated carbocycles. The Bertz CT molecular complexity index is 1150. The zero-order valence-electron chi connectivity index (χ0n) is 21.1. The van der Waals surface area contributed by atoms with Gasteiger partial charge in [0.15, 0.2) is 0 Å². The van der Waals surface area contributed by atoms with Gasteiger partial charge in [0.25, 0.3) is 0 Å². The number of H-pyrrole nitrogens is 1. The number of hydrogen-bond acceptors (Lipinski definition) is 6. The molecular weight excluding hydrogens is 470 g/mol. The first-order valence-electron chi connectivity index (χ1n) is 13.8. The van der Waals surface area contributed by atoms with Crippen LogP contribution in [-0.2, 0) is 0 Å². The van der Waals surface area contributed by atoms with Gasteiger partial charge in [0.1, 0.15) is 0 Å². The van der Waals surface area contributed by atoms with Crippen LogP contribution in [0.4, 0.5) is 5.95 Å². The molecule has 0 amide bonds. The summed E-state index contributed by atoms with van der Waals surface area (Å²) in [5.74, 6) is 1.55. The first-order chi connectivity index (χ1) is 17.7. The number of fused-ring (bicyclic) bond motifs is 1. The summed E-state index contributed by atoms with van der Waals surface area (Å²) in [5.41, 5.74) is 2.87. The van der Waals surface area contributed by atoms with E-state index in [0.29, 0.717) is 17.0 Å². The predicted octanol–water partition coefficient (Wildman–Crippen LogP) is 4.62. The van der Waals surface area contributed by atoms with Crippen LogP contribution in [0.1, 0.15) is 38.5 Å². The fourth-order valence-electron chi connectivity index (χ4n) is 6.37. The van der Waals surface area contributed by atoms with E-state index in [1.165, 1.54) is 64.8 Å². The number of aromatic nitrogens is 3. The van der Waals surface area contributed by atoms with E-state index < -0.39 is 0 Å². The monoisotopic (exact) mass is 507 g/mol. The molecule has 0 aliphatic carbocycles. The Morgan fingerprint density at radius 3 is 2.72 bits per heavy atom. The summed E-state index contributed by atoms with van der Waals surface area (Å²) in [6.07, 6.45) is 11.6. The SMILES string of the molecule is Clc1cnc(N[C@@H]2CCN(CCC3CCN(C4CCNCC4)CC3)C2)nc1-c1c[nH]c2ccccc12. The minimum absolute atomic E-state index is 0.378. The zero-order valence-corrected chi connectivity index (χ0v) is 21.8. The highest BCUT2D eigenvalue weighted by Gasteiger charge is 2.28. The maximum atomic E-state index is 6.52. The van der Waals surface area contributed by atoms with Crippen molar-refractivity contribution in [2.75, 3.05) is 51.1 Å². The molecule has 36 heavy (non-hydrogen) atoms. The lowest BCUT2D eigenvalue weighted by atomic mass is 9.91. The standard InChI is InChI=1S/C28H38ClN7/c29-25-18-32-28(34-27(25)24-17-31-26-4-2-1-3-23(24)26)33-21-10-14-35(19-21)13-7-20-8-15-36(16-9-20)22-5-11-30-12-6-22/h1-4,17-18,20-22,30-31H,5-16,19H2,(H,32,33,34)/t21-/m1/s1. The zero-order chi connectivity index (χ0) is 24.3. The van der Waals surface area contributed by atoms with Crippen LogP contribution in [0.2, 0.25) is 5.02 Å². The van der Waals surface area contributed by atoms with E-state index >= 15 is 0 Å². The predicted molar refractivity (Wildman–Crippen MR) is 148 cm³/mol. The number of aromatic amines is 1. The molecule has 3 aromatic rings. The summed E-state index contributed by atoms with van der Waals surface area (Å²) in [6.45, 7) is 8.40. The quantitative estimate of drug-likeness (QED) is 0.433. The van der Waals surface area contributed by atoms with Gasteiger partial charge >= 0.3 is 0 Å². The molecule has 8 heteroatoms. The topological polar surface area (TPSA) is 72.1 Å². The maximum Gasteiger partial charge on any atom is 0.223 e. The third kappa shape index (κ3) is 5.40. The highest BCUT2D eigenvalue weighted by molar-refractivity contribution is 6.33. The minimum atomic E-state index is 0.378. The van der Waals surface area contributed by atoms with Crippen molar-refractivity contribution >= 4 is 28.5 Å². The summed E-state index contributed by atoms with van der Waals surface area (Å²) in [6, 6.07) is 9.44. The molecule has 0 radical (unpaired) electrons. The minimum Gasteiger partial charge on any atom is -0.360 e. The van der Waals surface area contributed by atoms with Gasteiger partial charge < -0.3 is 25.4 Å². The highest BCUT2D eigenvalue weighted by Crippen LogP contribution is 2.32. The highest BCUT2D eigenvalue weighted by atomic mass is 35.5. The Morgan fingerprint density at radius 2 is 1.86 bits per heavy atom. The molecule has 1 atom stereocenters. The number of halogens is 1. The number of nitrogens with one attached hydrogen (secondary N) is 3. The van der Waals surface area contributed by atoms with E-state index in [1.807, 2.05) is 18.3 Å². The van der Waals surface area contributed by atoms with Crippen LogP contribution in [0.5, 0.6) is 0 Å². The van der Waals surface area contributed by atoms with E-state index in [-0.39, 0.29) is 0 Å². The van der Waals surface area contributed by atoms with Crippen LogP contribution >= 0.6 is 11.6 Å². The maximum absolute atomic E-state index is 6.52. The van der Waals surface area contributed by atoms with Gasteiger partial charge in [-0.1, -0.05) is 29.8 Å². The van der Waals surface area contributed by atoms with Crippen LogP contribution in [0.3, 0.4) is 0 Å². The second-order valence-electron chi connectivity index (χ2n) is 10.8. The van der Waals surface area contributed by atoms with Crippen LogP contribution in [0.15, 0.2) is 36.7 Å². The van der Waals surface area contributed by atoms with Crippen molar-refractivity contribution in [1.82, 2.24) is 30.1 Å². The number of nitrogens with zero attached hydrogens (tertiary/aromatic N) is 4. The first-order valence-corrected chi connectivity index (χ1v) is 14.1. The van der Waals surface area contributed by atoms with Crippen LogP contribution in [0.25, 0.3) is 22.2 Å². The summed E-state index contributed by atoms with van der Waals surface area (Å²) >= 11 is 6.52. The summed E-state index contributed by atoms with van der Waals surface area (Å²) in [7, 11) is 0. The van der Waals surface area contributed by atoms with Gasteiger partial charge in [-0.25, -0.2) is 9.97 Å². The fraction of sp³-hybridized carbons (Fsp3) is 0.571. The lowest BCUT2D eigenvalue weighted by Gasteiger charge is -2.39. The molecule has 3 aliphatic heterocycles. The van der Waals surface area contributed by atoms with Gasteiger partial charge in [0.2, 0.25) is 5.95 Å². The van der Waals surface area contributed by atoms with Crippen molar-refractivity contribution < 1.29 is 0 Å². The van der Waals surface area contributed by atoms with Crippen molar-refractivity contribution in [2.45, 2.75) is 50.6 Å². The Kier molecular flexibility index (Phi) is 7.42. The molecule has 6 rings (SSSR count). The third-order valence-electron chi connectivity index (χ3n) is 8.52. The van der Waals surface area contributed by atoms with Gasteiger partial charge in [-0.05, 0) is 83.2 Å². The van der Waals surface area contributed by atoms with E-state index in [2.05, 4.69) is 42.5 Å². The second-order valence-corrected chi connectivity index (χ2v) is 11.2. The molecule has 0 bridgehead atoms. The number of likely N-dealkylation sites (tertiary alicyclic amines) is 2. The molecule has 1 aromatic carbocycles. The summed E-state index contributed by atoms with van der Waals surface area (Å²) in [4.78, 5) is 18.0. The molecule has 3 saturated heterocycles. The number of benzene rings is 1. The van der Waals surface area contributed by atoms with Crippen molar-refractivity contribution in [1.29, 1.82) is 0 Å². The van der Waals surface area contributed by atoms with Gasteiger partial charge in [0.05, 0.1) is 16.9 Å². The Hall–Kier alpha value is -2.19. The smallest absolute Gasteiger partial charge is 0.223 e. The molecule has 5 heterocycles. The summed E-state index contributed by atoms with van der Waals surface area (Å²) in [5, 5.41) is 8.78. The number of piperidine rings is 2. The van der Waals surface area contributed by atoms with Gasteiger partial charge in [0, 0.05) is 47.8 Å². The molecule has 3 aliphatic rings. The van der Waals surface area contributed by atoms with Crippen molar-refractivity contribution in [3.8, 4) is 11.3 Å². The average molecular weight is 508 g/mol. The van der Waals surface area contributed by atoms with E-state index in [1.54, 1.807) is 6.20 Å². The first kappa shape index (κ1) is 24.2. The molecule has 0 unspecified atom stereocenters. The Labute approximate surface area is 219 Å². The van der Waals surface area contributed by atoms with Gasteiger partial charge in [-0.3, -0.25) is 0 Å². The lowest BCUT2D eigenvalue weighted by Crippen LogP contribution is -2.46. The molecule has 192 valence electrons. The van der Waals surface area contributed by atoms with E-state index in [0.717, 1.165) is 53.6 Å². The largest absolute Gasteiger partial charge is 0.360 e. The van der Waals surface area contributed by atoms with Gasteiger partial charge in [-0.15, -0.1) is 0 Å². The van der Waals surface area contributed by atoms with Crippen molar-refractivity contribution in [2.24, 2.45) is 5.92 Å². The summed E-state index contributed by atoms with van der Waals surface area (Å²) < 4.78 is 0. The number of rotatable bonds is 7. The van der Waals surface area contributed by atoms with Crippen LogP contribution < -0.4 is 10.6 Å². The van der Waals surface area contributed by atoms with Crippen LogP contribution in [0, 0.1) is 5.92 Å². The van der Waals surface area contributed by atoms with E-state index in [9.17, 15) is 0 Å². The van der Waals surface area contributed by atoms with E-state index in [4.69, 9.17) is 16.6 Å². The number of anilines is 1. The molecule has 3 N–H and O–H groups in total. The fourth-order valence-corrected chi connectivity index (χ4v) is 6.57. The van der Waals surface area contributed by atoms with Gasteiger partial charge in [-0.2, -0.15) is 0 Å². The molecule has 0 spiro atoms. The molecule has 7 nitrogen and oxygen atoms in total. The molecular formula is C28H38ClN7. The second kappa shape index (κ2) is 11.1. The molecule has 2 aromatic heterocycles. The molecule has 3 fully saturated rings. The Balaban J connectivity index is 0.995. The Morgan fingerprint density at radius 1 is 1.03 bits per heavy atom. The number of para-hydroxylation sites is 1.